The third-order valence-corrected chi connectivity index (χ3v) is 4.82. The molecule has 1 aromatic rings. The highest BCUT2D eigenvalue weighted by atomic mass is 32.2. The van der Waals surface area contributed by atoms with E-state index in [2.05, 4.69) is 10.0 Å². The van der Waals surface area contributed by atoms with Crippen LogP contribution in [0.4, 0.5) is 0 Å². The van der Waals surface area contributed by atoms with Crippen LogP contribution in [0.3, 0.4) is 0 Å². The van der Waals surface area contributed by atoms with Crippen LogP contribution in [-0.4, -0.2) is 33.5 Å². The molecule has 1 aliphatic carbocycles. The Balaban J connectivity index is 2.17. The molecule has 116 valence electrons. The number of amides is 1. The predicted octanol–water partition coefficient (Wildman–Crippen LogP) is 0.949. The van der Waals surface area contributed by atoms with Crippen molar-refractivity contribution in [2.24, 2.45) is 0 Å². The van der Waals surface area contributed by atoms with Gasteiger partial charge in [-0.15, -0.1) is 0 Å². The molecule has 1 aliphatic rings. The normalized spacial score (nSPS) is 16.3. The van der Waals surface area contributed by atoms with Gasteiger partial charge in [0, 0.05) is 6.04 Å². The highest BCUT2D eigenvalue weighted by molar-refractivity contribution is 7.89. The molecular weight excluding hydrogens is 292 g/mol. The molecule has 0 bridgehead atoms. The van der Waals surface area contributed by atoms with Crippen LogP contribution >= 0.6 is 0 Å². The molecule has 2 N–H and O–H groups in total. The SMILES string of the molecule is COc1ccc(C)cc1S(=O)(=O)N[C@@H](C)C(=O)NC1CC1. The fraction of sp³-hybridized carbons (Fsp3) is 0.500. The minimum absolute atomic E-state index is 0.0380. The van der Waals surface area contributed by atoms with Gasteiger partial charge >= 0.3 is 0 Å². The van der Waals surface area contributed by atoms with E-state index in [0.717, 1.165) is 18.4 Å². The first-order chi connectivity index (χ1) is 9.83. The smallest absolute Gasteiger partial charge is 0.244 e. The molecule has 1 saturated carbocycles. The summed E-state index contributed by atoms with van der Waals surface area (Å²) in [6, 6.07) is 4.24. The Morgan fingerprint density at radius 3 is 2.62 bits per heavy atom. The minimum atomic E-state index is -3.82. The van der Waals surface area contributed by atoms with Gasteiger partial charge in [-0.25, -0.2) is 8.42 Å². The number of hydrogen-bond donors (Lipinski definition) is 2. The quantitative estimate of drug-likeness (QED) is 0.819. The Morgan fingerprint density at radius 1 is 1.38 bits per heavy atom. The molecule has 0 spiro atoms. The maximum atomic E-state index is 12.4. The van der Waals surface area contributed by atoms with E-state index in [4.69, 9.17) is 4.74 Å². The van der Waals surface area contributed by atoms with Crippen molar-refractivity contribution < 1.29 is 17.9 Å². The zero-order valence-corrected chi connectivity index (χ0v) is 13.2. The van der Waals surface area contributed by atoms with Gasteiger partial charge in [0.25, 0.3) is 0 Å². The van der Waals surface area contributed by atoms with Crippen molar-refractivity contribution in [2.45, 2.75) is 43.7 Å². The first-order valence-corrected chi connectivity index (χ1v) is 8.29. The molecule has 0 saturated heterocycles. The summed E-state index contributed by atoms with van der Waals surface area (Å²) in [4.78, 5) is 11.9. The van der Waals surface area contributed by atoms with Gasteiger partial charge in [0.1, 0.15) is 10.6 Å². The van der Waals surface area contributed by atoms with Crippen LogP contribution in [0.2, 0.25) is 0 Å². The van der Waals surface area contributed by atoms with Crippen molar-refractivity contribution in [1.82, 2.24) is 10.0 Å². The van der Waals surface area contributed by atoms with Crippen molar-refractivity contribution in [3.05, 3.63) is 23.8 Å². The van der Waals surface area contributed by atoms with Crippen LogP contribution in [0.1, 0.15) is 25.3 Å². The van der Waals surface area contributed by atoms with Crippen LogP contribution in [0.25, 0.3) is 0 Å². The number of aryl methyl sites for hydroxylation is 1. The largest absolute Gasteiger partial charge is 0.495 e. The van der Waals surface area contributed by atoms with Crippen molar-refractivity contribution in [1.29, 1.82) is 0 Å². The molecular formula is C14H20N2O4S. The second-order valence-corrected chi connectivity index (χ2v) is 6.96. The molecule has 7 heteroatoms. The molecule has 1 fully saturated rings. The number of sulfonamides is 1. The molecule has 21 heavy (non-hydrogen) atoms. The Labute approximate surface area is 124 Å². The van der Waals surface area contributed by atoms with Gasteiger partial charge < -0.3 is 10.1 Å². The first-order valence-electron chi connectivity index (χ1n) is 6.81. The maximum absolute atomic E-state index is 12.4. The number of nitrogens with one attached hydrogen (secondary N) is 2. The molecule has 0 unspecified atom stereocenters. The van der Waals surface area contributed by atoms with Crippen LogP contribution in [-0.2, 0) is 14.8 Å². The topological polar surface area (TPSA) is 84.5 Å². The number of carbonyl (C=O) groups is 1. The molecule has 1 aromatic carbocycles. The van der Waals surface area contributed by atoms with Gasteiger partial charge in [-0.3, -0.25) is 4.79 Å². The third-order valence-electron chi connectivity index (χ3n) is 3.26. The van der Waals surface area contributed by atoms with Gasteiger partial charge in [0.15, 0.2) is 0 Å². The summed E-state index contributed by atoms with van der Waals surface area (Å²) in [5.41, 5.74) is 0.797. The Hall–Kier alpha value is -1.60. The lowest BCUT2D eigenvalue weighted by atomic mass is 10.2. The monoisotopic (exact) mass is 312 g/mol. The Morgan fingerprint density at radius 2 is 2.05 bits per heavy atom. The Bertz CT molecular complexity index is 638. The molecule has 1 atom stereocenters. The molecule has 1 amide bonds. The van der Waals surface area contributed by atoms with Gasteiger partial charge in [-0.1, -0.05) is 6.07 Å². The number of methoxy groups -OCH3 is 1. The van der Waals surface area contributed by atoms with E-state index in [1.807, 2.05) is 0 Å². The summed E-state index contributed by atoms with van der Waals surface area (Å²) in [6.07, 6.45) is 1.91. The highest BCUT2D eigenvalue weighted by Crippen LogP contribution is 2.25. The van der Waals surface area contributed by atoms with E-state index in [-0.39, 0.29) is 22.6 Å². The lowest BCUT2D eigenvalue weighted by molar-refractivity contribution is -0.122. The van der Waals surface area contributed by atoms with Crippen molar-refractivity contribution >= 4 is 15.9 Å². The number of rotatable bonds is 6. The molecule has 0 radical (unpaired) electrons. The molecule has 6 nitrogen and oxygen atoms in total. The summed E-state index contributed by atoms with van der Waals surface area (Å²) >= 11 is 0. The first kappa shape index (κ1) is 15.8. The van der Waals surface area contributed by atoms with Gasteiger partial charge in [0.05, 0.1) is 13.2 Å². The van der Waals surface area contributed by atoms with E-state index in [0.29, 0.717) is 0 Å². The average molecular weight is 312 g/mol. The third kappa shape index (κ3) is 3.95. The highest BCUT2D eigenvalue weighted by Gasteiger charge is 2.29. The van der Waals surface area contributed by atoms with Gasteiger partial charge in [-0.2, -0.15) is 4.72 Å². The fourth-order valence-electron chi connectivity index (χ4n) is 1.90. The minimum Gasteiger partial charge on any atom is -0.495 e. The number of benzene rings is 1. The number of carbonyl (C=O) groups excluding carboxylic acids is 1. The fourth-order valence-corrected chi connectivity index (χ4v) is 3.35. The summed E-state index contributed by atoms with van der Waals surface area (Å²) in [5, 5.41) is 2.77. The summed E-state index contributed by atoms with van der Waals surface area (Å²) in [6.45, 7) is 3.32. The van der Waals surface area contributed by atoms with Crippen molar-refractivity contribution in [2.75, 3.05) is 7.11 Å². The standard InChI is InChI=1S/C14H20N2O4S/c1-9-4-7-12(20-3)13(8-9)21(18,19)16-10(2)14(17)15-11-5-6-11/h4,7-8,10-11,16H,5-6H2,1-3H3,(H,15,17)/t10-/m0/s1. The van der Waals surface area contributed by atoms with Crippen molar-refractivity contribution in [3.8, 4) is 5.75 Å². The lowest BCUT2D eigenvalue weighted by Gasteiger charge is -2.16. The van der Waals surface area contributed by atoms with E-state index in [1.165, 1.54) is 20.1 Å². The summed E-state index contributed by atoms with van der Waals surface area (Å²) in [7, 11) is -2.41. The van der Waals surface area contributed by atoms with E-state index >= 15 is 0 Å². The molecule has 0 aromatic heterocycles. The maximum Gasteiger partial charge on any atom is 0.244 e. The van der Waals surface area contributed by atoms with Crippen LogP contribution in [0.15, 0.2) is 23.1 Å². The van der Waals surface area contributed by atoms with Gasteiger partial charge in [0.2, 0.25) is 15.9 Å². The second kappa shape index (κ2) is 6.03. The molecule has 2 rings (SSSR count). The van der Waals surface area contributed by atoms with E-state index in [9.17, 15) is 13.2 Å². The van der Waals surface area contributed by atoms with Crippen LogP contribution < -0.4 is 14.8 Å². The van der Waals surface area contributed by atoms with E-state index in [1.54, 1.807) is 19.1 Å². The summed E-state index contributed by atoms with van der Waals surface area (Å²) < 4.78 is 32.3. The number of hydrogen-bond acceptors (Lipinski definition) is 4. The second-order valence-electron chi connectivity index (χ2n) is 5.28. The zero-order chi connectivity index (χ0) is 15.6. The van der Waals surface area contributed by atoms with Crippen molar-refractivity contribution in [3.63, 3.8) is 0 Å². The molecule has 0 heterocycles. The zero-order valence-electron chi connectivity index (χ0n) is 12.3. The van der Waals surface area contributed by atoms with Gasteiger partial charge in [-0.05, 0) is 44.4 Å². The number of ether oxygens (including phenoxy) is 1. The van der Waals surface area contributed by atoms with Crippen LogP contribution in [0.5, 0.6) is 5.75 Å². The van der Waals surface area contributed by atoms with Crippen LogP contribution in [0, 0.1) is 6.92 Å². The average Bonchev–Trinajstić information content (AvgIpc) is 3.22. The lowest BCUT2D eigenvalue weighted by Crippen LogP contribution is -2.45. The Kier molecular flexibility index (Phi) is 4.53. The molecule has 0 aliphatic heterocycles. The van der Waals surface area contributed by atoms with E-state index < -0.39 is 16.1 Å². The predicted molar refractivity (Wildman–Crippen MR) is 78.7 cm³/mol. The summed E-state index contributed by atoms with van der Waals surface area (Å²) in [5.74, 6) is -0.0596.